The lowest BCUT2D eigenvalue weighted by Gasteiger charge is -2.08. The van der Waals surface area contributed by atoms with Crippen LogP contribution in [0.4, 0.5) is 10.1 Å². The van der Waals surface area contributed by atoms with E-state index in [4.69, 9.17) is 14.2 Å². The second kappa shape index (κ2) is 8.23. The van der Waals surface area contributed by atoms with E-state index in [9.17, 15) is 22.4 Å². The lowest BCUT2D eigenvalue weighted by molar-refractivity contribution is -0.146. The van der Waals surface area contributed by atoms with Crippen molar-refractivity contribution >= 4 is 27.6 Å². The third kappa shape index (κ3) is 4.96. The molecule has 1 aliphatic rings. The Kier molecular flexibility index (Phi) is 5.76. The number of carbonyl (C=O) groups excluding carboxylic acids is 2. The van der Waals surface area contributed by atoms with Crippen LogP contribution in [0.3, 0.4) is 0 Å². The summed E-state index contributed by atoms with van der Waals surface area (Å²) in [5, 5.41) is 2.50. The number of anilines is 1. The van der Waals surface area contributed by atoms with Gasteiger partial charge in [0.15, 0.2) is 18.1 Å². The number of halogens is 1. The first-order chi connectivity index (χ1) is 13.3. The van der Waals surface area contributed by atoms with Gasteiger partial charge in [-0.2, -0.15) is 4.72 Å². The predicted molar refractivity (Wildman–Crippen MR) is 93.7 cm³/mol. The van der Waals surface area contributed by atoms with Gasteiger partial charge in [0.25, 0.3) is 5.91 Å². The van der Waals surface area contributed by atoms with E-state index in [2.05, 4.69) is 5.32 Å². The Morgan fingerprint density at radius 2 is 1.79 bits per heavy atom. The van der Waals surface area contributed by atoms with Crippen molar-refractivity contribution < 1.29 is 36.6 Å². The molecule has 1 heterocycles. The van der Waals surface area contributed by atoms with Crippen LogP contribution in [0, 0.1) is 5.82 Å². The average molecular weight is 410 g/mol. The Hall–Kier alpha value is -3.18. The second-order valence-electron chi connectivity index (χ2n) is 5.56. The molecule has 0 spiro atoms. The van der Waals surface area contributed by atoms with Crippen molar-refractivity contribution in [3.63, 3.8) is 0 Å². The van der Waals surface area contributed by atoms with Gasteiger partial charge in [0.1, 0.15) is 12.4 Å². The number of sulfonamides is 1. The lowest BCUT2D eigenvalue weighted by Crippen LogP contribution is -2.32. The minimum absolute atomic E-state index is 0.0954. The molecule has 3 rings (SSSR count). The van der Waals surface area contributed by atoms with Gasteiger partial charge in [0.2, 0.25) is 16.8 Å². The van der Waals surface area contributed by atoms with E-state index in [0.29, 0.717) is 17.2 Å². The van der Waals surface area contributed by atoms with Crippen LogP contribution in [0.1, 0.15) is 0 Å². The quantitative estimate of drug-likeness (QED) is 0.654. The number of rotatable bonds is 7. The van der Waals surface area contributed by atoms with E-state index >= 15 is 0 Å². The summed E-state index contributed by atoms with van der Waals surface area (Å²) in [5.41, 5.74) is 0.419. The van der Waals surface area contributed by atoms with E-state index in [1.807, 2.05) is 4.72 Å². The fraction of sp³-hybridized carbons (Fsp3) is 0.176. The molecule has 2 aromatic rings. The van der Waals surface area contributed by atoms with Crippen molar-refractivity contribution in [2.24, 2.45) is 0 Å². The first kappa shape index (κ1) is 19.6. The first-order valence-corrected chi connectivity index (χ1v) is 9.42. The van der Waals surface area contributed by atoms with Gasteiger partial charge in [-0.15, -0.1) is 0 Å². The Balaban J connectivity index is 1.45. The summed E-state index contributed by atoms with van der Waals surface area (Å²) in [7, 11) is -4.01. The van der Waals surface area contributed by atoms with E-state index in [1.165, 1.54) is 0 Å². The van der Waals surface area contributed by atoms with E-state index in [-0.39, 0.29) is 11.7 Å². The molecule has 1 aliphatic heterocycles. The summed E-state index contributed by atoms with van der Waals surface area (Å²) >= 11 is 0. The minimum Gasteiger partial charge on any atom is -0.455 e. The zero-order chi connectivity index (χ0) is 20.1. The van der Waals surface area contributed by atoms with Crippen LogP contribution in [0.15, 0.2) is 47.4 Å². The Morgan fingerprint density at radius 1 is 1.07 bits per heavy atom. The summed E-state index contributed by atoms with van der Waals surface area (Å²) in [4.78, 5) is 23.3. The number of benzene rings is 2. The van der Waals surface area contributed by atoms with Gasteiger partial charge in [0, 0.05) is 11.8 Å². The number of fused-ring (bicyclic) bond motifs is 1. The third-order valence-electron chi connectivity index (χ3n) is 3.55. The molecule has 0 aliphatic carbocycles. The summed E-state index contributed by atoms with van der Waals surface area (Å²) in [6, 6.07) is 8.83. The number of amides is 1. The van der Waals surface area contributed by atoms with Crippen LogP contribution in [0.2, 0.25) is 0 Å². The standard InChI is InChI=1S/C17H15FN2O7S/c18-11-1-4-13(5-2-11)28(23,24)19-8-17(22)25-9-16(21)20-12-3-6-14-15(7-12)27-10-26-14/h1-7,19H,8-10H2,(H,20,21). The summed E-state index contributed by atoms with van der Waals surface area (Å²) in [5.74, 6) is -1.13. The molecule has 11 heteroatoms. The predicted octanol–water partition coefficient (Wildman–Crippen LogP) is 1.01. The maximum Gasteiger partial charge on any atom is 0.321 e. The zero-order valence-electron chi connectivity index (χ0n) is 14.3. The average Bonchev–Trinajstić information content (AvgIpc) is 3.13. The number of hydrogen-bond acceptors (Lipinski definition) is 7. The van der Waals surface area contributed by atoms with Gasteiger partial charge in [-0.25, -0.2) is 12.8 Å². The Morgan fingerprint density at radius 3 is 2.54 bits per heavy atom. The van der Waals surface area contributed by atoms with Gasteiger partial charge in [-0.1, -0.05) is 0 Å². The van der Waals surface area contributed by atoms with Crippen molar-refractivity contribution in [2.75, 3.05) is 25.3 Å². The maximum atomic E-state index is 12.8. The van der Waals surface area contributed by atoms with Crippen molar-refractivity contribution in [2.45, 2.75) is 4.90 Å². The van der Waals surface area contributed by atoms with Crippen LogP contribution in [0.5, 0.6) is 11.5 Å². The smallest absolute Gasteiger partial charge is 0.321 e. The normalized spacial score (nSPS) is 12.5. The number of hydrogen-bond donors (Lipinski definition) is 2. The molecule has 0 bridgehead atoms. The molecule has 0 fully saturated rings. The molecule has 2 aromatic carbocycles. The van der Waals surface area contributed by atoms with Crippen LogP contribution >= 0.6 is 0 Å². The molecular formula is C17H15FN2O7S. The fourth-order valence-electron chi connectivity index (χ4n) is 2.22. The van der Waals surface area contributed by atoms with Crippen LogP contribution in [0.25, 0.3) is 0 Å². The van der Waals surface area contributed by atoms with Crippen molar-refractivity contribution in [3.8, 4) is 11.5 Å². The number of esters is 1. The van der Waals surface area contributed by atoms with Crippen LogP contribution in [-0.4, -0.2) is 40.2 Å². The largest absolute Gasteiger partial charge is 0.455 e. The molecule has 0 saturated heterocycles. The van der Waals surface area contributed by atoms with E-state index in [1.54, 1.807) is 18.2 Å². The summed E-state index contributed by atoms with van der Waals surface area (Å²) in [6.07, 6.45) is 0. The highest BCUT2D eigenvalue weighted by atomic mass is 32.2. The monoisotopic (exact) mass is 410 g/mol. The highest BCUT2D eigenvalue weighted by Gasteiger charge is 2.17. The van der Waals surface area contributed by atoms with E-state index in [0.717, 1.165) is 24.3 Å². The molecule has 148 valence electrons. The summed E-state index contributed by atoms with van der Waals surface area (Å²) < 4.78 is 53.9. The molecule has 1 amide bonds. The lowest BCUT2D eigenvalue weighted by atomic mass is 10.3. The van der Waals surface area contributed by atoms with Gasteiger partial charge in [-0.3, -0.25) is 9.59 Å². The number of nitrogens with one attached hydrogen (secondary N) is 2. The zero-order valence-corrected chi connectivity index (χ0v) is 15.1. The number of ether oxygens (including phenoxy) is 3. The Labute approximate surface area is 159 Å². The highest BCUT2D eigenvalue weighted by Crippen LogP contribution is 2.34. The van der Waals surface area contributed by atoms with Crippen LogP contribution < -0.4 is 19.5 Å². The van der Waals surface area contributed by atoms with Gasteiger partial charge in [0.05, 0.1) is 4.90 Å². The van der Waals surface area contributed by atoms with E-state index < -0.39 is 40.9 Å². The fourth-order valence-corrected chi connectivity index (χ4v) is 3.19. The second-order valence-corrected chi connectivity index (χ2v) is 7.32. The molecule has 28 heavy (non-hydrogen) atoms. The number of carbonyl (C=O) groups is 2. The molecule has 0 aromatic heterocycles. The van der Waals surface area contributed by atoms with Crippen molar-refractivity contribution in [3.05, 3.63) is 48.3 Å². The maximum absolute atomic E-state index is 12.8. The molecule has 0 atom stereocenters. The van der Waals surface area contributed by atoms with Gasteiger partial charge in [-0.05, 0) is 36.4 Å². The molecule has 0 radical (unpaired) electrons. The molecule has 9 nitrogen and oxygen atoms in total. The van der Waals surface area contributed by atoms with Gasteiger partial charge < -0.3 is 19.5 Å². The Bertz CT molecular complexity index is 993. The molecular weight excluding hydrogens is 395 g/mol. The van der Waals surface area contributed by atoms with Crippen molar-refractivity contribution in [1.29, 1.82) is 0 Å². The molecule has 0 saturated carbocycles. The third-order valence-corrected chi connectivity index (χ3v) is 4.97. The minimum atomic E-state index is -4.01. The van der Waals surface area contributed by atoms with Crippen molar-refractivity contribution in [1.82, 2.24) is 4.72 Å². The molecule has 0 unspecified atom stereocenters. The molecule has 2 N–H and O–H groups in total. The van der Waals surface area contributed by atoms with Gasteiger partial charge >= 0.3 is 5.97 Å². The first-order valence-electron chi connectivity index (χ1n) is 7.94. The highest BCUT2D eigenvalue weighted by molar-refractivity contribution is 7.89. The topological polar surface area (TPSA) is 120 Å². The van der Waals surface area contributed by atoms with Crippen LogP contribution in [-0.2, 0) is 24.3 Å². The summed E-state index contributed by atoms with van der Waals surface area (Å²) in [6.45, 7) is -1.19. The SMILES string of the molecule is O=C(COC(=O)CNS(=O)(=O)c1ccc(F)cc1)Nc1ccc2c(c1)OCO2.